The molecule has 0 aliphatic heterocycles. The molecule has 0 aliphatic carbocycles. The van der Waals surface area contributed by atoms with E-state index in [4.69, 9.17) is 21.9 Å². The van der Waals surface area contributed by atoms with Crippen molar-refractivity contribution in [1.29, 1.82) is 0 Å². The predicted molar refractivity (Wildman–Crippen MR) is 74.6 cm³/mol. The fraction of sp³-hybridized carbons (Fsp3) is 0.357. The summed E-state index contributed by atoms with van der Waals surface area (Å²) in [6.45, 7) is 4.09. The van der Waals surface area contributed by atoms with Gasteiger partial charge in [-0.1, -0.05) is 36.7 Å². The number of rotatable bonds is 4. The molecule has 0 unspecified atom stereocenters. The number of nitrogens with zero attached hydrogens (tertiary/aromatic N) is 1. The quantitative estimate of drug-likeness (QED) is 0.890. The second kappa shape index (κ2) is 5.61. The van der Waals surface area contributed by atoms with Gasteiger partial charge in [0.05, 0.1) is 16.3 Å². The predicted octanol–water partition coefficient (Wildman–Crippen LogP) is 4.62. The van der Waals surface area contributed by atoms with Gasteiger partial charge >= 0.3 is 0 Å². The van der Waals surface area contributed by atoms with E-state index in [1.54, 1.807) is 12.1 Å². The van der Waals surface area contributed by atoms with Gasteiger partial charge in [-0.3, -0.25) is 0 Å². The van der Waals surface area contributed by atoms with E-state index in [-0.39, 0.29) is 17.4 Å². The highest BCUT2D eigenvalue weighted by molar-refractivity contribution is 6.33. The molecule has 5 heteroatoms. The number of nitrogen functional groups attached to an aromatic ring is 1. The SMILES string of the molecule is CCC(CC)c1noc(N)c1-c1c(F)cccc1Cl. The minimum absolute atomic E-state index is 0.105. The highest BCUT2D eigenvalue weighted by atomic mass is 35.5. The first-order valence-corrected chi connectivity index (χ1v) is 6.67. The zero-order valence-electron chi connectivity index (χ0n) is 10.9. The van der Waals surface area contributed by atoms with Crippen LogP contribution in [0, 0.1) is 5.82 Å². The van der Waals surface area contributed by atoms with Crippen LogP contribution in [0.3, 0.4) is 0 Å². The van der Waals surface area contributed by atoms with Crippen molar-refractivity contribution in [3.63, 3.8) is 0 Å². The third-order valence-corrected chi connectivity index (χ3v) is 3.64. The van der Waals surface area contributed by atoms with Crippen LogP contribution in [0.15, 0.2) is 22.7 Å². The summed E-state index contributed by atoms with van der Waals surface area (Å²) in [4.78, 5) is 0. The summed E-state index contributed by atoms with van der Waals surface area (Å²) in [7, 11) is 0. The summed E-state index contributed by atoms with van der Waals surface area (Å²) in [5.74, 6) is -0.143. The van der Waals surface area contributed by atoms with Crippen LogP contribution in [0.25, 0.3) is 11.1 Å². The van der Waals surface area contributed by atoms with E-state index in [9.17, 15) is 4.39 Å². The molecule has 2 aromatic rings. The van der Waals surface area contributed by atoms with E-state index >= 15 is 0 Å². The first-order valence-electron chi connectivity index (χ1n) is 6.29. The Balaban J connectivity index is 2.65. The normalized spacial score (nSPS) is 11.2. The van der Waals surface area contributed by atoms with Crippen molar-refractivity contribution in [3.8, 4) is 11.1 Å². The van der Waals surface area contributed by atoms with Crippen LogP contribution in [0.4, 0.5) is 10.3 Å². The monoisotopic (exact) mass is 282 g/mol. The maximum Gasteiger partial charge on any atom is 0.230 e. The smallest absolute Gasteiger partial charge is 0.230 e. The summed E-state index contributed by atoms with van der Waals surface area (Å²) in [6, 6.07) is 4.54. The van der Waals surface area contributed by atoms with E-state index in [2.05, 4.69) is 5.16 Å². The van der Waals surface area contributed by atoms with Gasteiger partial charge in [0.25, 0.3) is 0 Å². The van der Waals surface area contributed by atoms with E-state index in [0.717, 1.165) is 12.8 Å². The highest BCUT2D eigenvalue weighted by Gasteiger charge is 2.25. The van der Waals surface area contributed by atoms with Crippen LogP contribution < -0.4 is 5.73 Å². The second-order valence-corrected chi connectivity index (χ2v) is 4.82. The largest absolute Gasteiger partial charge is 0.367 e. The molecule has 2 rings (SSSR count). The van der Waals surface area contributed by atoms with E-state index in [0.29, 0.717) is 16.3 Å². The Hall–Kier alpha value is -1.55. The number of hydrogen-bond acceptors (Lipinski definition) is 3. The zero-order valence-corrected chi connectivity index (χ0v) is 11.7. The number of benzene rings is 1. The molecule has 0 atom stereocenters. The van der Waals surface area contributed by atoms with Gasteiger partial charge in [0.1, 0.15) is 5.82 Å². The van der Waals surface area contributed by atoms with Gasteiger partial charge in [-0.05, 0) is 25.0 Å². The fourth-order valence-corrected chi connectivity index (χ4v) is 2.52. The Labute approximate surface area is 116 Å². The van der Waals surface area contributed by atoms with Crippen molar-refractivity contribution >= 4 is 17.5 Å². The molecule has 0 radical (unpaired) electrons. The van der Waals surface area contributed by atoms with Crippen LogP contribution in [0.1, 0.15) is 38.3 Å². The molecule has 0 amide bonds. The Kier molecular flexibility index (Phi) is 4.10. The standard InChI is InChI=1S/C14H16ClFN2O/c1-3-8(4-2)13-12(14(17)19-18-13)11-9(15)6-5-7-10(11)16/h5-8H,3-4,17H2,1-2H3. The molecule has 1 aromatic carbocycles. The summed E-state index contributed by atoms with van der Waals surface area (Å²) >= 11 is 6.09. The Morgan fingerprint density at radius 2 is 2.00 bits per heavy atom. The van der Waals surface area contributed by atoms with Gasteiger partial charge in [0.15, 0.2) is 0 Å². The number of hydrogen-bond donors (Lipinski definition) is 1. The third-order valence-electron chi connectivity index (χ3n) is 3.33. The molecule has 102 valence electrons. The van der Waals surface area contributed by atoms with Crippen LogP contribution in [0.2, 0.25) is 5.02 Å². The van der Waals surface area contributed by atoms with Crippen molar-refractivity contribution in [2.75, 3.05) is 5.73 Å². The number of aromatic nitrogens is 1. The number of nitrogens with two attached hydrogens (primary N) is 1. The Bertz CT molecular complexity index is 559. The Morgan fingerprint density at radius 3 is 2.58 bits per heavy atom. The lowest BCUT2D eigenvalue weighted by molar-refractivity contribution is 0.416. The minimum Gasteiger partial charge on any atom is -0.367 e. The van der Waals surface area contributed by atoms with E-state index < -0.39 is 5.82 Å². The lowest BCUT2D eigenvalue weighted by Gasteiger charge is -2.12. The second-order valence-electron chi connectivity index (χ2n) is 4.42. The van der Waals surface area contributed by atoms with Gasteiger partial charge in [-0.15, -0.1) is 0 Å². The molecular weight excluding hydrogens is 267 g/mol. The average molecular weight is 283 g/mol. The Morgan fingerprint density at radius 1 is 1.32 bits per heavy atom. The van der Waals surface area contributed by atoms with Crippen LogP contribution >= 0.6 is 11.6 Å². The molecule has 1 heterocycles. The van der Waals surface area contributed by atoms with Gasteiger partial charge in [-0.25, -0.2) is 4.39 Å². The number of halogens is 2. The molecule has 19 heavy (non-hydrogen) atoms. The lowest BCUT2D eigenvalue weighted by atomic mass is 9.93. The first-order chi connectivity index (χ1) is 9.10. The van der Waals surface area contributed by atoms with Crippen LogP contribution in [-0.4, -0.2) is 5.16 Å². The van der Waals surface area contributed by atoms with Gasteiger partial charge < -0.3 is 10.3 Å². The average Bonchev–Trinajstić information content (AvgIpc) is 2.74. The zero-order chi connectivity index (χ0) is 14.0. The van der Waals surface area contributed by atoms with Gasteiger partial charge in [0.2, 0.25) is 5.88 Å². The minimum atomic E-state index is -0.422. The summed E-state index contributed by atoms with van der Waals surface area (Å²) in [6.07, 6.45) is 1.75. The first kappa shape index (κ1) is 13.9. The van der Waals surface area contributed by atoms with Crippen molar-refractivity contribution in [1.82, 2.24) is 5.16 Å². The van der Waals surface area contributed by atoms with E-state index in [1.165, 1.54) is 6.07 Å². The van der Waals surface area contributed by atoms with Crippen LogP contribution in [-0.2, 0) is 0 Å². The maximum atomic E-state index is 14.0. The molecule has 0 saturated carbocycles. The topological polar surface area (TPSA) is 52.0 Å². The molecule has 0 spiro atoms. The molecule has 1 aromatic heterocycles. The van der Waals surface area contributed by atoms with Crippen molar-refractivity contribution in [2.45, 2.75) is 32.6 Å². The molecule has 3 nitrogen and oxygen atoms in total. The van der Waals surface area contributed by atoms with Crippen molar-refractivity contribution < 1.29 is 8.91 Å². The fourth-order valence-electron chi connectivity index (χ4n) is 2.26. The van der Waals surface area contributed by atoms with Gasteiger partial charge in [0, 0.05) is 11.5 Å². The van der Waals surface area contributed by atoms with Crippen molar-refractivity contribution in [2.24, 2.45) is 0 Å². The maximum absolute atomic E-state index is 14.0. The number of anilines is 1. The molecule has 0 aliphatic rings. The van der Waals surface area contributed by atoms with E-state index in [1.807, 2.05) is 13.8 Å². The molecule has 0 bridgehead atoms. The molecular formula is C14H16ClFN2O. The molecule has 0 fully saturated rings. The summed E-state index contributed by atoms with van der Waals surface area (Å²) in [5, 5.41) is 4.30. The van der Waals surface area contributed by atoms with Crippen LogP contribution in [0.5, 0.6) is 0 Å². The summed E-state index contributed by atoms with van der Waals surface area (Å²) < 4.78 is 19.1. The molecule has 0 saturated heterocycles. The summed E-state index contributed by atoms with van der Waals surface area (Å²) in [5.41, 5.74) is 7.23. The lowest BCUT2D eigenvalue weighted by Crippen LogP contribution is -2.00. The highest BCUT2D eigenvalue weighted by Crippen LogP contribution is 2.40. The third kappa shape index (κ3) is 2.45. The molecule has 2 N–H and O–H groups in total. The van der Waals surface area contributed by atoms with Crippen molar-refractivity contribution in [3.05, 3.63) is 34.7 Å². The van der Waals surface area contributed by atoms with Gasteiger partial charge in [-0.2, -0.15) is 0 Å².